The van der Waals surface area contributed by atoms with Gasteiger partial charge in [0.2, 0.25) is 5.91 Å². The van der Waals surface area contributed by atoms with Crippen molar-refractivity contribution in [3.05, 3.63) is 48.0 Å². The SMILES string of the molecule is C=CC(=O)N1CC[C@](F)(C#Cc2ccc(C(F)(F)F)cc2)C1. The molecule has 1 aliphatic heterocycles. The first kappa shape index (κ1) is 16.1. The van der Waals surface area contributed by atoms with Gasteiger partial charge in [-0.3, -0.25) is 4.79 Å². The quantitative estimate of drug-likeness (QED) is 0.443. The molecule has 0 N–H and O–H groups in total. The molecule has 0 unspecified atom stereocenters. The van der Waals surface area contributed by atoms with Crippen molar-refractivity contribution in [1.82, 2.24) is 4.90 Å². The minimum atomic E-state index is -4.41. The monoisotopic (exact) mass is 311 g/mol. The third kappa shape index (κ3) is 3.67. The summed E-state index contributed by atoms with van der Waals surface area (Å²) in [5, 5.41) is 0. The van der Waals surface area contributed by atoms with Crippen LogP contribution in [-0.2, 0) is 11.0 Å². The number of amides is 1. The van der Waals surface area contributed by atoms with Crippen LogP contribution in [0.25, 0.3) is 0 Å². The molecule has 1 saturated heterocycles. The van der Waals surface area contributed by atoms with E-state index in [0.29, 0.717) is 5.56 Å². The van der Waals surface area contributed by atoms with Crippen LogP contribution in [0, 0.1) is 11.8 Å². The van der Waals surface area contributed by atoms with Gasteiger partial charge in [-0.05, 0) is 30.3 Å². The summed E-state index contributed by atoms with van der Waals surface area (Å²) >= 11 is 0. The van der Waals surface area contributed by atoms with Crippen LogP contribution in [0.1, 0.15) is 17.5 Å². The zero-order valence-corrected chi connectivity index (χ0v) is 11.6. The maximum atomic E-state index is 14.4. The van der Waals surface area contributed by atoms with E-state index < -0.39 is 17.4 Å². The predicted octanol–water partition coefficient (Wildman–Crippen LogP) is 3.18. The molecule has 116 valence electrons. The van der Waals surface area contributed by atoms with Crippen LogP contribution in [0.3, 0.4) is 0 Å². The van der Waals surface area contributed by atoms with E-state index in [1.54, 1.807) is 0 Å². The molecule has 2 nitrogen and oxygen atoms in total. The van der Waals surface area contributed by atoms with E-state index in [1.807, 2.05) is 0 Å². The molecule has 0 aromatic heterocycles. The summed E-state index contributed by atoms with van der Waals surface area (Å²) in [6.07, 6.45) is -3.24. The molecular weight excluding hydrogens is 298 g/mol. The molecule has 0 spiro atoms. The number of nitrogens with zero attached hydrogens (tertiary/aromatic N) is 1. The third-order valence-corrected chi connectivity index (χ3v) is 3.35. The molecule has 6 heteroatoms. The molecule has 1 aromatic rings. The van der Waals surface area contributed by atoms with Gasteiger partial charge in [0.15, 0.2) is 5.67 Å². The second-order valence-corrected chi connectivity index (χ2v) is 5.00. The lowest BCUT2D eigenvalue weighted by Gasteiger charge is -2.14. The Labute approximate surface area is 125 Å². The second-order valence-electron chi connectivity index (χ2n) is 5.00. The van der Waals surface area contributed by atoms with Gasteiger partial charge >= 0.3 is 6.18 Å². The molecule has 1 aromatic carbocycles. The van der Waals surface area contributed by atoms with Crippen LogP contribution in [0.15, 0.2) is 36.9 Å². The average molecular weight is 311 g/mol. The number of hydrogen-bond acceptors (Lipinski definition) is 1. The first-order valence-corrected chi connectivity index (χ1v) is 6.54. The molecule has 0 bridgehead atoms. The first-order valence-electron chi connectivity index (χ1n) is 6.54. The smallest absolute Gasteiger partial charge is 0.335 e. The number of hydrogen-bond donors (Lipinski definition) is 0. The average Bonchev–Trinajstić information content (AvgIpc) is 2.87. The maximum absolute atomic E-state index is 14.4. The van der Waals surface area contributed by atoms with E-state index in [2.05, 4.69) is 18.4 Å². The highest BCUT2D eigenvalue weighted by Gasteiger charge is 2.38. The minimum Gasteiger partial charge on any atom is -0.335 e. The maximum Gasteiger partial charge on any atom is 0.416 e. The Morgan fingerprint density at radius 1 is 1.32 bits per heavy atom. The summed E-state index contributed by atoms with van der Waals surface area (Å²) in [4.78, 5) is 12.7. The van der Waals surface area contributed by atoms with E-state index >= 15 is 0 Å². The Kier molecular flexibility index (Phi) is 4.27. The van der Waals surface area contributed by atoms with Crippen molar-refractivity contribution in [1.29, 1.82) is 0 Å². The van der Waals surface area contributed by atoms with Crippen LogP contribution >= 0.6 is 0 Å². The van der Waals surface area contributed by atoms with Crippen molar-refractivity contribution in [3.8, 4) is 11.8 Å². The zero-order chi connectivity index (χ0) is 16.4. The summed E-state index contributed by atoms with van der Waals surface area (Å²) in [5.41, 5.74) is -2.34. The second kappa shape index (κ2) is 5.84. The minimum absolute atomic E-state index is 0.0697. The lowest BCUT2D eigenvalue weighted by atomic mass is 10.1. The normalized spacial score (nSPS) is 21.2. The van der Waals surface area contributed by atoms with Crippen LogP contribution in [0.2, 0.25) is 0 Å². The Morgan fingerprint density at radius 3 is 2.50 bits per heavy atom. The molecule has 0 radical (unpaired) electrons. The van der Waals surface area contributed by atoms with Crippen LogP contribution in [0.5, 0.6) is 0 Å². The Hall–Kier alpha value is -2.29. The Balaban J connectivity index is 2.10. The fraction of sp³-hybridized carbons (Fsp3) is 0.312. The molecule has 0 aliphatic carbocycles. The lowest BCUT2D eigenvalue weighted by Crippen LogP contribution is -2.31. The van der Waals surface area contributed by atoms with Gasteiger partial charge in [0.25, 0.3) is 0 Å². The van der Waals surface area contributed by atoms with Crippen molar-refractivity contribution in [2.24, 2.45) is 0 Å². The van der Waals surface area contributed by atoms with Crippen molar-refractivity contribution >= 4 is 5.91 Å². The highest BCUT2D eigenvalue weighted by molar-refractivity contribution is 5.87. The summed E-state index contributed by atoms with van der Waals surface area (Å²) in [6, 6.07) is 4.19. The topological polar surface area (TPSA) is 20.3 Å². The number of carbonyl (C=O) groups is 1. The van der Waals surface area contributed by atoms with Crippen LogP contribution in [0.4, 0.5) is 17.6 Å². The molecule has 22 heavy (non-hydrogen) atoms. The van der Waals surface area contributed by atoms with Crippen LogP contribution < -0.4 is 0 Å². The Morgan fingerprint density at radius 2 is 1.95 bits per heavy atom. The summed E-state index contributed by atoms with van der Waals surface area (Å²) in [6.45, 7) is 3.41. The van der Waals surface area contributed by atoms with Gasteiger partial charge in [-0.15, -0.1) is 0 Å². The van der Waals surface area contributed by atoms with E-state index in [-0.39, 0.29) is 25.4 Å². The van der Waals surface area contributed by atoms with Crippen molar-refractivity contribution in [2.75, 3.05) is 13.1 Å². The van der Waals surface area contributed by atoms with Crippen molar-refractivity contribution in [2.45, 2.75) is 18.3 Å². The number of likely N-dealkylation sites (tertiary alicyclic amines) is 1. The fourth-order valence-electron chi connectivity index (χ4n) is 2.12. The molecule has 1 aliphatic rings. The van der Waals surface area contributed by atoms with Crippen molar-refractivity contribution < 1.29 is 22.4 Å². The highest BCUT2D eigenvalue weighted by Crippen LogP contribution is 2.29. The summed E-state index contributed by atoms with van der Waals surface area (Å²) in [7, 11) is 0. The van der Waals surface area contributed by atoms with E-state index in [0.717, 1.165) is 18.2 Å². The molecule has 1 fully saturated rings. The van der Waals surface area contributed by atoms with Gasteiger partial charge in [-0.2, -0.15) is 13.2 Å². The van der Waals surface area contributed by atoms with Gasteiger partial charge in [0.05, 0.1) is 12.1 Å². The zero-order valence-electron chi connectivity index (χ0n) is 11.6. The molecule has 2 rings (SSSR count). The predicted molar refractivity (Wildman–Crippen MR) is 73.6 cm³/mol. The van der Waals surface area contributed by atoms with Gasteiger partial charge in [-0.25, -0.2) is 4.39 Å². The standard InChI is InChI=1S/C16H13F4NO/c1-2-14(22)21-10-9-15(17,11-21)8-7-12-3-5-13(6-4-12)16(18,19)20/h2-6H,1,9-11H2/t15-/m1/s1. The fourth-order valence-corrected chi connectivity index (χ4v) is 2.12. The first-order chi connectivity index (χ1) is 10.2. The van der Waals surface area contributed by atoms with Gasteiger partial charge < -0.3 is 4.90 Å². The molecule has 1 heterocycles. The molecule has 1 amide bonds. The van der Waals surface area contributed by atoms with E-state index in [1.165, 1.54) is 17.0 Å². The van der Waals surface area contributed by atoms with E-state index in [9.17, 15) is 22.4 Å². The Bertz CT molecular complexity index is 639. The third-order valence-electron chi connectivity index (χ3n) is 3.35. The largest absolute Gasteiger partial charge is 0.416 e. The highest BCUT2D eigenvalue weighted by atomic mass is 19.4. The van der Waals surface area contributed by atoms with Gasteiger partial charge in [0.1, 0.15) is 0 Å². The van der Waals surface area contributed by atoms with Gasteiger partial charge in [-0.1, -0.05) is 18.4 Å². The van der Waals surface area contributed by atoms with E-state index in [4.69, 9.17) is 0 Å². The number of rotatable bonds is 1. The summed E-state index contributed by atoms with van der Waals surface area (Å²) < 4.78 is 51.7. The molecule has 0 saturated carbocycles. The van der Waals surface area contributed by atoms with Crippen molar-refractivity contribution in [3.63, 3.8) is 0 Å². The molecule has 1 atom stereocenters. The number of benzene rings is 1. The van der Waals surface area contributed by atoms with Gasteiger partial charge in [0, 0.05) is 18.5 Å². The molecular formula is C16H13F4NO. The van der Waals surface area contributed by atoms with Crippen LogP contribution in [-0.4, -0.2) is 29.6 Å². The lowest BCUT2D eigenvalue weighted by molar-refractivity contribution is -0.137. The number of alkyl halides is 4. The number of carbonyl (C=O) groups excluding carboxylic acids is 1. The summed E-state index contributed by atoms with van der Waals surface area (Å²) in [5.74, 6) is 4.58. The number of halogens is 4.